The number of amides is 1. The molecule has 0 aliphatic heterocycles. The number of benzene rings is 3. The minimum absolute atomic E-state index is 0.174. The third-order valence-corrected chi connectivity index (χ3v) is 5.95. The van der Waals surface area contributed by atoms with E-state index in [0.717, 1.165) is 0 Å². The average Bonchev–Trinajstić information content (AvgIpc) is 3.17. The number of nitrogens with two attached hydrogens (primary N) is 1. The molecule has 36 heavy (non-hydrogen) atoms. The SMILES string of the molecule is COc1cc(NC(=O)c2c(N)n(-c3cccc(Cl)c3)c3nc4ccccc4nc23)cc(OC)c1OC. The molecule has 1 amide bonds. The van der Waals surface area contributed by atoms with Crippen LogP contribution in [-0.4, -0.2) is 41.8 Å². The molecular formula is C26H22ClN5O4. The van der Waals surface area contributed by atoms with Crippen molar-refractivity contribution in [2.75, 3.05) is 32.4 Å². The molecule has 0 aliphatic rings. The predicted molar refractivity (Wildman–Crippen MR) is 140 cm³/mol. The van der Waals surface area contributed by atoms with Gasteiger partial charge in [-0.25, -0.2) is 9.97 Å². The fraction of sp³-hybridized carbons (Fsp3) is 0.115. The Morgan fingerprint density at radius 1 is 0.917 bits per heavy atom. The number of anilines is 2. The summed E-state index contributed by atoms with van der Waals surface area (Å²) in [6.45, 7) is 0. The van der Waals surface area contributed by atoms with Gasteiger partial charge in [0.2, 0.25) is 5.75 Å². The Kier molecular flexibility index (Phi) is 5.99. The molecule has 0 radical (unpaired) electrons. The van der Waals surface area contributed by atoms with E-state index in [4.69, 9.17) is 41.5 Å². The van der Waals surface area contributed by atoms with Gasteiger partial charge in [0.15, 0.2) is 17.1 Å². The van der Waals surface area contributed by atoms with Gasteiger partial charge in [-0.05, 0) is 30.3 Å². The van der Waals surface area contributed by atoms with Gasteiger partial charge in [0.1, 0.15) is 16.9 Å². The van der Waals surface area contributed by atoms with Gasteiger partial charge in [-0.15, -0.1) is 0 Å². The molecule has 2 aromatic heterocycles. The van der Waals surface area contributed by atoms with E-state index in [-0.39, 0.29) is 11.4 Å². The number of carbonyl (C=O) groups excluding carboxylic acids is 1. The van der Waals surface area contributed by atoms with Crippen LogP contribution in [-0.2, 0) is 0 Å². The highest BCUT2D eigenvalue weighted by atomic mass is 35.5. The van der Waals surface area contributed by atoms with Crippen molar-refractivity contribution in [2.45, 2.75) is 0 Å². The fourth-order valence-electron chi connectivity index (χ4n) is 4.11. The van der Waals surface area contributed by atoms with Crippen LogP contribution in [0.25, 0.3) is 27.9 Å². The van der Waals surface area contributed by atoms with E-state index in [1.54, 1.807) is 34.9 Å². The predicted octanol–water partition coefficient (Wildman–Crippen LogP) is 5.09. The van der Waals surface area contributed by atoms with Crippen LogP contribution in [0.4, 0.5) is 11.5 Å². The summed E-state index contributed by atoms with van der Waals surface area (Å²) < 4.78 is 17.8. The van der Waals surface area contributed by atoms with Gasteiger partial charge in [0.05, 0.1) is 38.1 Å². The van der Waals surface area contributed by atoms with Gasteiger partial charge >= 0.3 is 0 Å². The molecule has 5 rings (SSSR count). The number of para-hydroxylation sites is 2. The first-order valence-electron chi connectivity index (χ1n) is 10.9. The van der Waals surface area contributed by atoms with Gasteiger partial charge in [-0.3, -0.25) is 9.36 Å². The Balaban J connectivity index is 1.70. The molecule has 0 bridgehead atoms. The highest BCUT2D eigenvalue weighted by molar-refractivity contribution is 6.30. The molecule has 10 heteroatoms. The van der Waals surface area contributed by atoms with Gasteiger partial charge < -0.3 is 25.3 Å². The molecular weight excluding hydrogens is 482 g/mol. The maximum absolute atomic E-state index is 13.6. The normalized spacial score (nSPS) is 11.0. The van der Waals surface area contributed by atoms with Gasteiger partial charge in [-0.1, -0.05) is 29.8 Å². The highest BCUT2D eigenvalue weighted by Gasteiger charge is 2.26. The minimum atomic E-state index is -0.475. The monoisotopic (exact) mass is 503 g/mol. The van der Waals surface area contributed by atoms with Crippen molar-refractivity contribution in [1.82, 2.24) is 14.5 Å². The summed E-state index contributed by atoms with van der Waals surface area (Å²) in [4.78, 5) is 23.2. The Bertz CT molecular complexity index is 1610. The lowest BCUT2D eigenvalue weighted by Crippen LogP contribution is -2.15. The first-order chi connectivity index (χ1) is 17.4. The summed E-state index contributed by atoms with van der Waals surface area (Å²) in [5.74, 6) is 0.900. The summed E-state index contributed by atoms with van der Waals surface area (Å²) in [5.41, 5.74) is 9.93. The smallest absolute Gasteiger partial charge is 0.261 e. The number of ether oxygens (including phenoxy) is 3. The zero-order chi connectivity index (χ0) is 25.4. The lowest BCUT2D eigenvalue weighted by molar-refractivity contribution is 0.102. The number of hydrogen-bond donors (Lipinski definition) is 2. The van der Waals surface area contributed by atoms with Crippen LogP contribution in [0.1, 0.15) is 10.4 Å². The quantitative estimate of drug-likeness (QED) is 0.332. The molecule has 0 fully saturated rings. The number of nitrogen functional groups attached to an aromatic ring is 1. The number of methoxy groups -OCH3 is 3. The van der Waals surface area contributed by atoms with Crippen molar-refractivity contribution in [1.29, 1.82) is 0 Å². The number of carbonyl (C=O) groups is 1. The maximum Gasteiger partial charge on any atom is 0.261 e. The lowest BCUT2D eigenvalue weighted by atomic mass is 10.2. The molecule has 3 N–H and O–H groups in total. The molecule has 3 aromatic carbocycles. The Morgan fingerprint density at radius 3 is 2.19 bits per heavy atom. The standard InChI is InChI=1S/C26H22ClN5O4/c1-34-19-12-15(13-20(35-2)23(19)36-3)29-26(33)21-22-25(31-18-10-5-4-9-17(18)30-22)32(24(21)28)16-8-6-7-14(27)11-16/h4-13H,28H2,1-3H3,(H,29,33). The number of rotatable bonds is 6. The maximum atomic E-state index is 13.6. The van der Waals surface area contributed by atoms with Crippen LogP contribution < -0.4 is 25.3 Å². The number of nitrogens with one attached hydrogen (secondary N) is 1. The van der Waals surface area contributed by atoms with E-state index in [0.29, 0.717) is 55.8 Å². The second-order valence-corrected chi connectivity index (χ2v) is 8.26. The number of nitrogens with zero attached hydrogens (tertiary/aromatic N) is 3. The molecule has 0 saturated heterocycles. The molecule has 0 saturated carbocycles. The van der Waals surface area contributed by atoms with Crippen molar-refractivity contribution >= 4 is 51.2 Å². The van der Waals surface area contributed by atoms with Crippen molar-refractivity contribution in [2.24, 2.45) is 0 Å². The largest absolute Gasteiger partial charge is 0.493 e. The molecule has 182 valence electrons. The third-order valence-electron chi connectivity index (χ3n) is 5.71. The van der Waals surface area contributed by atoms with Crippen molar-refractivity contribution in [3.63, 3.8) is 0 Å². The summed E-state index contributed by atoms with van der Waals surface area (Å²) >= 11 is 6.25. The first kappa shape index (κ1) is 23.3. The molecule has 5 aromatic rings. The molecule has 0 atom stereocenters. The zero-order valence-corrected chi connectivity index (χ0v) is 20.5. The van der Waals surface area contributed by atoms with Crippen LogP contribution in [0.5, 0.6) is 17.2 Å². The lowest BCUT2D eigenvalue weighted by Gasteiger charge is -2.14. The summed E-state index contributed by atoms with van der Waals surface area (Å²) in [7, 11) is 4.51. The van der Waals surface area contributed by atoms with Crippen LogP contribution in [0.2, 0.25) is 5.02 Å². The van der Waals surface area contributed by atoms with Gasteiger partial charge in [-0.2, -0.15) is 0 Å². The van der Waals surface area contributed by atoms with Crippen molar-refractivity contribution in [3.8, 4) is 22.9 Å². The number of aromatic nitrogens is 3. The highest BCUT2D eigenvalue weighted by Crippen LogP contribution is 2.40. The fourth-order valence-corrected chi connectivity index (χ4v) is 4.29. The average molecular weight is 504 g/mol. The second kappa shape index (κ2) is 9.27. The number of fused-ring (bicyclic) bond motifs is 2. The van der Waals surface area contributed by atoms with E-state index < -0.39 is 5.91 Å². The molecule has 0 aliphatic carbocycles. The topological polar surface area (TPSA) is 114 Å². The van der Waals surface area contributed by atoms with Crippen LogP contribution >= 0.6 is 11.6 Å². The molecule has 9 nitrogen and oxygen atoms in total. The van der Waals surface area contributed by atoms with Crippen LogP contribution in [0.3, 0.4) is 0 Å². The molecule has 0 unspecified atom stereocenters. The van der Waals surface area contributed by atoms with Crippen molar-refractivity contribution < 1.29 is 19.0 Å². The van der Waals surface area contributed by atoms with Gasteiger partial charge in [0.25, 0.3) is 5.91 Å². The Labute approximate surface area is 211 Å². The van der Waals surface area contributed by atoms with E-state index in [9.17, 15) is 4.79 Å². The summed E-state index contributed by atoms with van der Waals surface area (Å²) in [6.07, 6.45) is 0. The molecule has 0 spiro atoms. The third kappa shape index (κ3) is 3.89. The Hall–Kier alpha value is -4.50. The van der Waals surface area contributed by atoms with Gasteiger partial charge in [0, 0.05) is 22.8 Å². The number of hydrogen-bond acceptors (Lipinski definition) is 7. The Morgan fingerprint density at radius 2 is 1.58 bits per heavy atom. The summed E-state index contributed by atoms with van der Waals surface area (Å²) in [5, 5.41) is 3.39. The zero-order valence-electron chi connectivity index (χ0n) is 19.7. The van der Waals surface area contributed by atoms with E-state index in [2.05, 4.69) is 5.32 Å². The van der Waals surface area contributed by atoms with E-state index in [1.807, 2.05) is 30.3 Å². The molecule has 2 heterocycles. The first-order valence-corrected chi connectivity index (χ1v) is 11.3. The number of halogens is 1. The van der Waals surface area contributed by atoms with E-state index in [1.165, 1.54) is 21.3 Å². The van der Waals surface area contributed by atoms with Crippen molar-refractivity contribution in [3.05, 3.63) is 71.2 Å². The second-order valence-electron chi connectivity index (χ2n) is 7.83. The van der Waals surface area contributed by atoms with Crippen LogP contribution in [0, 0.1) is 0 Å². The minimum Gasteiger partial charge on any atom is -0.493 e. The van der Waals surface area contributed by atoms with E-state index >= 15 is 0 Å². The van der Waals surface area contributed by atoms with Crippen LogP contribution in [0.15, 0.2) is 60.7 Å². The summed E-state index contributed by atoms with van der Waals surface area (Å²) in [6, 6.07) is 17.8.